The van der Waals surface area contributed by atoms with Crippen molar-refractivity contribution in [2.75, 3.05) is 6.54 Å². The number of para-hydroxylation sites is 2. The second-order valence-electron chi connectivity index (χ2n) is 6.14. The van der Waals surface area contributed by atoms with Gasteiger partial charge in [0.05, 0.1) is 17.4 Å². The number of carbonyl (C=O) groups is 1. The first-order valence-corrected chi connectivity index (χ1v) is 8.75. The molecule has 2 amide bonds. The van der Waals surface area contributed by atoms with Crippen molar-refractivity contribution in [3.8, 4) is 0 Å². The summed E-state index contributed by atoms with van der Waals surface area (Å²) < 4.78 is 2.14. The number of benzene rings is 2. The van der Waals surface area contributed by atoms with E-state index in [1.165, 1.54) is 5.56 Å². The Balaban J connectivity index is 1.54. The molecule has 0 bridgehead atoms. The van der Waals surface area contributed by atoms with E-state index < -0.39 is 0 Å². The number of nitrogens with one attached hydrogen (secondary N) is 2. The fourth-order valence-electron chi connectivity index (χ4n) is 2.72. The Morgan fingerprint density at radius 3 is 2.60 bits per heavy atom. The summed E-state index contributed by atoms with van der Waals surface area (Å²) in [7, 11) is 0. The van der Waals surface area contributed by atoms with Crippen molar-refractivity contribution in [1.82, 2.24) is 20.2 Å². The highest BCUT2D eigenvalue weighted by atomic mass is 16.2. The maximum atomic E-state index is 11.7. The number of fused-ring (bicyclic) bond motifs is 1. The highest BCUT2D eigenvalue weighted by molar-refractivity contribution is 5.75. The van der Waals surface area contributed by atoms with Gasteiger partial charge in [-0.1, -0.05) is 49.7 Å². The third kappa shape index (κ3) is 4.59. The van der Waals surface area contributed by atoms with Crippen LogP contribution in [0.2, 0.25) is 0 Å². The molecule has 5 heteroatoms. The summed E-state index contributed by atoms with van der Waals surface area (Å²) in [6.07, 6.45) is 3.96. The predicted octanol–water partition coefficient (Wildman–Crippen LogP) is 3.68. The molecule has 1 heterocycles. The number of urea groups is 1. The van der Waals surface area contributed by atoms with Crippen LogP contribution < -0.4 is 10.6 Å². The van der Waals surface area contributed by atoms with Crippen molar-refractivity contribution in [2.24, 2.45) is 0 Å². The maximum Gasteiger partial charge on any atom is 0.315 e. The lowest BCUT2D eigenvalue weighted by Crippen LogP contribution is -2.35. The van der Waals surface area contributed by atoms with Crippen molar-refractivity contribution in [2.45, 2.75) is 32.9 Å². The Labute approximate surface area is 148 Å². The molecule has 130 valence electrons. The van der Waals surface area contributed by atoms with E-state index in [4.69, 9.17) is 0 Å². The van der Waals surface area contributed by atoms with Gasteiger partial charge in [-0.2, -0.15) is 0 Å². The van der Waals surface area contributed by atoms with Crippen molar-refractivity contribution < 1.29 is 4.79 Å². The summed E-state index contributed by atoms with van der Waals surface area (Å²) in [5, 5.41) is 5.73. The zero-order valence-corrected chi connectivity index (χ0v) is 14.5. The topological polar surface area (TPSA) is 59.0 Å². The zero-order chi connectivity index (χ0) is 17.5. The van der Waals surface area contributed by atoms with Gasteiger partial charge in [0, 0.05) is 19.6 Å². The molecule has 2 aromatic carbocycles. The van der Waals surface area contributed by atoms with Crippen LogP contribution in [0.5, 0.6) is 0 Å². The maximum absolute atomic E-state index is 11.7. The minimum absolute atomic E-state index is 0.109. The number of nitrogens with zero attached hydrogens (tertiary/aromatic N) is 2. The van der Waals surface area contributed by atoms with Gasteiger partial charge in [0.1, 0.15) is 0 Å². The normalized spacial score (nSPS) is 10.8. The highest BCUT2D eigenvalue weighted by Crippen LogP contribution is 2.14. The van der Waals surface area contributed by atoms with E-state index in [-0.39, 0.29) is 6.03 Å². The average Bonchev–Trinajstić information content (AvgIpc) is 3.04. The number of rotatable bonds is 7. The zero-order valence-electron chi connectivity index (χ0n) is 14.5. The van der Waals surface area contributed by atoms with Crippen molar-refractivity contribution >= 4 is 17.1 Å². The van der Waals surface area contributed by atoms with E-state index in [9.17, 15) is 4.79 Å². The minimum atomic E-state index is -0.109. The SMILES string of the molecule is CCCCNC(=O)NCc1ccc(Cn2cnc3ccccc32)cc1. The number of hydrogen-bond donors (Lipinski definition) is 2. The Hall–Kier alpha value is -2.82. The molecule has 0 fully saturated rings. The molecule has 0 aliphatic carbocycles. The number of carbonyl (C=O) groups excluding carboxylic acids is 1. The standard InChI is InChI=1S/C20H24N4O/c1-2-3-12-21-20(25)22-13-16-8-10-17(11-9-16)14-24-15-23-18-6-4-5-7-19(18)24/h4-11,15H,2-3,12-14H2,1H3,(H2,21,22,25). The quantitative estimate of drug-likeness (QED) is 0.647. The summed E-state index contributed by atoms with van der Waals surface area (Å²) in [6, 6.07) is 16.3. The summed E-state index contributed by atoms with van der Waals surface area (Å²) in [6.45, 7) is 4.14. The van der Waals surface area contributed by atoms with Crippen LogP contribution in [0, 0.1) is 0 Å². The van der Waals surface area contributed by atoms with Crippen LogP contribution in [-0.2, 0) is 13.1 Å². The first kappa shape index (κ1) is 17.0. The first-order chi connectivity index (χ1) is 12.3. The number of amides is 2. The van der Waals surface area contributed by atoms with E-state index >= 15 is 0 Å². The molecule has 0 spiro atoms. The van der Waals surface area contributed by atoms with E-state index in [0.717, 1.165) is 42.5 Å². The van der Waals surface area contributed by atoms with Crippen LogP contribution in [-0.4, -0.2) is 22.1 Å². The van der Waals surface area contributed by atoms with E-state index in [1.807, 2.05) is 24.5 Å². The predicted molar refractivity (Wildman–Crippen MR) is 100 cm³/mol. The molecule has 0 aliphatic heterocycles. The van der Waals surface area contributed by atoms with Gasteiger partial charge < -0.3 is 15.2 Å². The second-order valence-corrected chi connectivity index (χ2v) is 6.14. The third-order valence-corrected chi connectivity index (χ3v) is 4.17. The molecule has 0 saturated heterocycles. The van der Waals surface area contributed by atoms with Crippen LogP contribution >= 0.6 is 0 Å². The Morgan fingerprint density at radius 2 is 1.80 bits per heavy atom. The molecule has 0 aliphatic rings. The van der Waals surface area contributed by atoms with Gasteiger partial charge in [-0.25, -0.2) is 9.78 Å². The van der Waals surface area contributed by atoms with Gasteiger partial charge in [-0.05, 0) is 29.7 Å². The Bertz CT molecular complexity index is 823. The molecule has 5 nitrogen and oxygen atoms in total. The summed E-state index contributed by atoms with van der Waals surface area (Å²) in [4.78, 5) is 16.1. The monoisotopic (exact) mass is 336 g/mol. The molecular formula is C20H24N4O. The number of unbranched alkanes of at least 4 members (excludes halogenated alkanes) is 1. The lowest BCUT2D eigenvalue weighted by atomic mass is 10.1. The minimum Gasteiger partial charge on any atom is -0.338 e. The smallest absolute Gasteiger partial charge is 0.315 e. The molecule has 25 heavy (non-hydrogen) atoms. The molecule has 0 unspecified atom stereocenters. The van der Waals surface area contributed by atoms with Crippen LogP contribution in [0.4, 0.5) is 4.79 Å². The summed E-state index contributed by atoms with van der Waals surface area (Å²) in [5.74, 6) is 0. The number of hydrogen-bond acceptors (Lipinski definition) is 2. The van der Waals surface area contributed by atoms with E-state index in [1.54, 1.807) is 0 Å². The van der Waals surface area contributed by atoms with Gasteiger partial charge in [0.15, 0.2) is 0 Å². The van der Waals surface area contributed by atoms with Gasteiger partial charge in [0.2, 0.25) is 0 Å². The molecule has 3 aromatic rings. The van der Waals surface area contributed by atoms with Gasteiger partial charge in [-0.15, -0.1) is 0 Å². The van der Waals surface area contributed by atoms with Gasteiger partial charge >= 0.3 is 6.03 Å². The fourth-order valence-corrected chi connectivity index (χ4v) is 2.72. The largest absolute Gasteiger partial charge is 0.338 e. The van der Waals surface area contributed by atoms with Crippen molar-refractivity contribution in [3.63, 3.8) is 0 Å². The number of aromatic nitrogens is 2. The van der Waals surface area contributed by atoms with Crippen LogP contribution in [0.15, 0.2) is 54.9 Å². The Kier molecular flexibility index (Phi) is 5.67. The molecule has 0 saturated carbocycles. The lowest BCUT2D eigenvalue weighted by molar-refractivity contribution is 0.240. The molecule has 1 aromatic heterocycles. The van der Waals surface area contributed by atoms with E-state index in [0.29, 0.717) is 6.54 Å². The van der Waals surface area contributed by atoms with Gasteiger partial charge in [0.25, 0.3) is 0 Å². The molecular weight excluding hydrogens is 312 g/mol. The first-order valence-electron chi connectivity index (χ1n) is 8.75. The fraction of sp³-hybridized carbons (Fsp3) is 0.300. The second kappa shape index (κ2) is 8.33. The lowest BCUT2D eigenvalue weighted by Gasteiger charge is -2.09. The summed E-state index contributed by atoms with van der Waals surface area (Å²) in [5.41, 5.74) is 4.44. The van der Waals surface area contributed by atoms with Gasteiger partial charge in [-0.3, -0.25) is 0 Å². The molecule has 0 atom stereocenters. The Morgan fingerprint density at radius 1 is 1.04 bits per heavy atom. The average molecular weight is 336 g/mol. The van der Waals surface area contributed by atoms with Crippen LogP contribution in [0.1, 0.15) is 30.9 Å². The summed E-state index contributed by atoms with van der Waals surface area (Å²) >= 11 is 0. The number of imidazole rings is 1. The third-order valence-electron chi connectivity index (χ3n) is 4.17. The highest BCUT2D eigenvalue weighted by Gasteiger charge is 2.03. The van der Waals surface area contributed by atoms with E-state index in [2.05, 4.69) is 57.4 Å². The van der Waals surface area contributed by atoms with Crippen LogP contribution in [0.3, 0.4) is 0 Å². The van der Waals surface area contributed by atoms with Crippen molar-refractivity contribution in [3.05, 3.63) is 66.0 Å². The molecule has 2 N–H and O–H groups in total. The van der Waals surface area contributed by atoms with Crippen LogP contribution in [0.25, 0.3) is 11.0 Å². The molecule has 3 rings (SSSR count). The molecule has 0 radical (unpaired) electrons. The van der Waals surface area contributed by atoms with Crippen molar-refractivity contribution in [1.29, 1.82) is 0 Å².